The van der Waals surface area contributed by atoms with Gasteiger partial charge in [0.15, 0.2) is 0 Å². The minimum atomic E-state index is 0.0297. The second-order valence-corrected chi connectivity index (χ2v) is 6.60. The van der Waals surface area contributed by atoms with Gasteiger partial charge in [-0.05, 0) is 43.9 Å². The molecule has 2 N–H and O–H groups in total. The van der Waals surface area contributed by atoms with Crippen LogP contribution in [0.25, 0.3) is 10.9 Å². The van der Waals surface area contributed by atoms with E-state index in [4.69, 9.17) is 0 Å². The van der Waals surface area contributed by atoms with E-state index in [0.717, 1.165) is 41.9 Å². The molecule has 5 nitrogen and oxygen atoms in total. The number of benzene rings is 1. The van der Waals surface area contributed by atoms with Crippen molar-refractivity contribution in [1.82, 2.24) is 20.4 Å². The Hall–Kier alpha value is -1.88. The van der Waals surface area contributed by atoms with Gasteiger partial charge in [0, 0.05) is 30.1 Å². The molecule has 2 aliphatic heterocycles. The Morgan fingerprint density at radius 2 is 2.36 bits per heavy atom. The molecule has 0 saturated carbocycles. The van der Waals surface area contributed by atoms with Crippen molar-refractivity contribution in [2.45, 2.75) is 32.2 Å². The van der Waals surface area contributed by atoms with Crippen LogP contribution in [0.5, 0.6) is 0 Å². The molecule has 1 aromatic carbocycles. The number of H-pyrrole nitrogens is 1. The Morgan fingerprint density at radius 3 is 3.18 bits per heavy atom. The third kappa shape index (κ3) is 2.39. The van der Waals surface area contributed by atoms with Crippen LogP contribution < -0.4 is 5.32 Å². The SMILES string of the molecule is CCc1n[nH]c2cc(C(=O)NC3CC4CCN(C4)C3)ccc12. The van der Waals surface area contributed by atoms with Crippen LogP contribution in [0.2, 0.25) is 0 Å². The van der Waals surface area contributed by atoms with Gasteiger partial charge in [-0.25, -0.2) is 0 Å². The first-order chi connectivity index (χ1) is 10.7. The molecule has 2 aliphatic rings. The summed E-state index contributed by atoms with van der Waals surface area (Å²) in [5.74, 6) is 0.795. The molecule has 4 rings (SSSR count). The molecule has 2 fully saturated rings. The standard InChI is InChI=1S/C17H22N4O/c1-2-15-14-4-3-12(8-16(14)20-19-15)17(22)18-13-7-11-5-6-21(9-11)10-13/h3-4,8,11,13H,2,5-7,9-10H2,1H3,(H,18,22)(H,19,20). The van der Waals surface area contributed by atoms with Gasteiger partial charge in [-0.2, -0.15) is 5.10 Å². The normalized spacial score (nSPS) is 27.2. The van der Waals surface area contributed by atoms with Gasteiger partial charge in [0.1, 0.15) is 0 Å². The molecule has 22 heavy (non-hydrogen) atoms. The predicted octanol–water partition coefficient (Wildman–Crippen LogP) is 1.95. The summed E-state index contributed by atoms with van der Waals surface area (Å²) in [6, 6.07) is 6.11. The quantitative estimate of drug-likeness (QED) is 0.910. The molecule has 2 bridgehead atoms. The van der Waals surface area contributed by atoms with Crippen molar-refractivity contribution >= 4 is 16.8 Å². The molecule has 1 amide bonds. The van der Waals surface area contributed by atoms with Gasteiger partial charge in [-0.3, -0.25) is 9.89 Å². The molecule has 0 radical (unpaired) electrons. The lowest BCUT2D eigenvalue weighted by Gasteiger charge is -2.30. The van der Waals surface area contributed by atoms with Crippen molar-refractivity contribution in [3.05, 3.63) is 29.5 Å². The fraction of sp³-hybridized carbons (Fsp3) is 0.529. The molecule has 0 spiro atoms. The Morgan fingerprint density at radius 1 is 1.45 bits per heavy atom. The number of nitrogens with one attached hydrogen (secondary N) is 2. The van der Waals surface area contributed by atoms with Crippen molar-refractivity contribution in [1.29, 1.82) is 0 Å². The van der Waals surface area contributed by atoms with E-state index >= 15 is 0 Å². The monoisotopic (exact) mass is 298 g/mol. The highest BCUT2D eigenvalue weighted by Crippen LogP contribution is 2.27. The van der Waals surface area contributed by atoms with E-state index in [1.807, 2.05) is 18.2 Å². The molecule has 3 heterocycles. The van der Waals surface area contributed by atoms with Gasteiger partial charge >= 0.3 is 0 Å². The fourth-order valence-electron chi connectivity index (χ4n) is 3.92. The zero-order valence-corrected chi connectivity index (χ0v) is 12.9. The van der Waals surface area contributed by atoms with Crippen molar-refractivity contribution < 1.29 is 4.79 Å². The molecule has 116 valence electrons. The fourth-order valence-corrected chi connectivity index (χ4v) is 3.92. The molecule has 5 heteroatoms. The van der Waals surface area contributed by atoms with Crippen LogP contribution in [0.15, 0.2) is 18.2 Å². The number of aromatic amines is 1. The van der Waals surface area contributed by atoms with Crippen LogP contribution in [0.3, 0.4) is 0 Å². The van der Waals surface area contributed by atoms with E-state index in [9.17, 15) is 4.79 Å². The first kappa shape index (κ1) is 13.8. The Labute approximate surface area is 130 Å². The maximum absolute atomic E-state index is 12.5. The van der Waals surface area contributed by atoms with Crippen LogP contribution in [-0.2, 0) is 6.42 Å². The van der Waals surface area contributed by atoms with E-state index < -0.39 is 0 Å². The third-order valence-electron chi connectivity index (χ3n) is 5.04. The summed E-state index contributed by atoms with van der Waals surface area (Å²) in [5, 5.41) is 11.6. The number of amides is 1. The first-order valence-electron chi connectivity index (χ1n) is 8.23. The minimum absolute atomic E-state index is 0.0297. The summed E-state index contributed by atoms with van der Waals surface area (Å²) in [4.78, 5) is 15.0. The summed E-state index contributed by atoms with van der Waals surface area (Å²) in [7, 11) is 0. The summed E-state index contributed by atoms with van der Waals surface area (Å²) >= 11 is 0. The van der Waals surface area contributed by atoms with Gasteiger partial charge in [-0.1, -0.05) is 13.0 Å². The average molecular weight is 298 g/mol. The molecule has 2 saturated heterocycles. The molecule has 2 aromatic rings. The van der Waals surface area contributed by atoms with Crippen molar-refractivity contribution in [3.63, 3.8) is 0 Å². The lowest BCUT2D eigenvalue weighted by Crippen LogP contribution is -2.47. The number of carbonyl (C=O) groups excluding carboxylic acids is 1. The third-order valence-corrected chi connectivity index (χ3v) is 5.04. The Balaban J connectivity index is 1.50. The van der Waals surface area contributed by atoms with Crippen molar-refractivity contribution in [2.24, 2.45) is 5.92 Å². The number of hydrogen-bond acceptors (Lipinski definition) is 3. The van der Waals surface area contributed by atoms with Crippen LogP contribution in [-0.4, -0.2) is 46.7 Å². The summed E-state index contributed by atoms with van der Waals surface area (Å²) in [6.45, 7) is 5.49. The van der Waals surface area contributed by atoms with E-state index in [0.29, 0.717) is 5.56 Å². The number of hydrogen-bond donors (Lipinski definition) is 2. The lowest BCUT2D eigenvalue weighted by atomic mass is 9.96. The number of nitrogens with zero attached hydrogens (tertiary/aromatic N) is 2. The molecular formula is C17H22N4O. The Bertz CT molecular complexity index is 696. The van der Waals surface area contributed by atoms with E-state index in [-0.39, 0.29) is 11.9 Å². The topological polar surface area (TPSA) is 61.0 Å². The number of fused-ring (bicyclic) bond motifs is 3. The highest BCUT2D eigenvalue weighted by atomic mass is 16.1. The number of piperidine rings is 1. The Kier molecular flexibility index (Phi) is 3.37. The molecule has 0 aliphatic carbocycles. The highest BCUT2D eigenvalue weighted by molar-refractivity contribution is 5.98. The smallest absolute Gasteiger partial charge is 0.251 e. The van der Waals surface area contributed by atoms with Crippen LogP contribution in [0, 0.1) is 5.92 Å². The zero-order valence-electron chi connectivity index (χ0n) is 12.9. The summed E-state index contributed by atoms with van der Waals surface area (Å²) in [6.07, 6.45) is 3.30. The number of carbonyl (C=O) groups is 1. The number of aromatic nitrogens is 2. The van der Waals surface area contributed by atoms with Crippen molar-refractivity contribution in [2.75, 3.05) is 19.6 Å². The maximum Gasteiger partial charge on any atom is 0.251 e. The average Bonchev–Trinajstić information content (AvgIpc) is 3.09. The molecule has 1 aromatic heterocycles. The number of aryl methyl sites for hydroxylation is 1. The largest absolute Gasteiger partial charge is 0.348 e. The highest BCUT2D eigenvalue weighted by Gasteiger charge is 2.32. The summed E-state index contributed by atoms with van der Waals surface area (Å²) < 4.78 is 0. The minimum Gasteiger partial charge on any atom is -0.348 e. The zero-order chi connectivity index (χ0) is 15.1. The first-order valence-corrected chi connectivity index (χ1v) is 8.23. The van der Waals surface area contributed by atoms with Crippen LogP contribution >= 0.6 is 0 Å². The maximum atomic E-state index is 12.5. The second-order valence-electron chi connectivity index (χ2n) is 6.60. The second kappa shape index (κ2) is 5.39. The van der Waals surface area contributed by atoms with Crippen molar-refractivity contribution in [3.8, 4) is 0 Å². The van der Waals surface area contributed by atoms with Gasteiger partial charge in [0.05, 0.1) is 11.2 Å². The molecule has 3 atom stereocenters. The lowest BCUT2D eigenvalue weighted by molar-refractivity contribution is 0.0909. The van der Waals surface area contributed by atoms with Crippen LogP contribution in [0.1, 0.15) is 35.8 Å². The predicted molar refractivity (Wildman–Crippen MR) is 85.9 cm³/mol. The molecule has 3 unspecified atom stereocenters. The van der Waals surface area contributed by atoms with E-state index in [1.165, 1.54) is 19.5 Å². The van der Waals surface area contributed by atoms with Gasteiger partial charge < -0.3 is 10.2 Å². The van der Waals surface area contributed by atoms with E-state index in [1.54, 1.807) is 0 Å². The van der Waals surface area contributed by atoms with Crippen LogP contribution in [0.4, 0.5) is 0 Å². The van der Waals surface area contributed by atoms with Gasteiger partial charge in [0.25, 0.3) is 5.91 Å². The van der Waals surface area contributed by atoms with E-state index in [2.05, 4.69) is 27.3 Å². The summed E-state index contributed by atoms with van der Waals surface area (Å²) in [5.41, 5.74) is 2.71. The van der Waals surface area contributed by atoms with Gasteiger partial charge in [-0.15, -0.1) is 0 Å². The molecular weight excluding hydrogens is 276 g/mol. The van der Waals surface area contributed by atoms with Gasteiger partial charge in [0.2, 0.25) is 0 Å². The number of rotatable bonds is 3.